The van der Waals surface area contributed by atoms with Gasteiger partial charge in [0.1, 0.15) is 11.6 Å². The Hall–Kier alpha value is -3.28. The second-order valence-corrected chi connectivity index (χ2v) is 9.41. The molecule has 3 heterocycles. The summed E-state index contributed by atoms with van der Waals surface area (Å²) in [5.74, 6) is 2.74. The lowest BCUT2D eigenvalue weighted by Crippen LogP contribution is -2.47. The monoisotopic (exact) mass is 456 g/mol. The molecule has 0 spiro atoms. The van der Waals surface area contributed by atoms with Crippen molar-refractivity contribution in [3.8, 4) is 0 Å². The van der Waals surface area contributed by atoms with Crippen LogP contribution in [-0.4, -0.2) is 49.2 Å². The molecule has 0 radical (unpaired) electrons. The zero-order chi connectivity index (χ0) is 23.3. The van der Waals surface area contributed by atoms with E-state index in [4.69, 9.17) is 9.97 Å². The summed E-state index contributed by atoms with van der Waals surface area (Å²) >= 11 is 0. The van der Waals surface area contributed by atoms with Crippen LogP contribution in [0, 0.1) is 6.92 Å². The van der Waals surface area contributed by atoms with Gasteiger partial charge in [-0.1, -0.05) is 42.8 Å². The molecule has 0 aliphatic carbocycles. The van der Waals surface area contributed by atoms with E-state index in [1.54, 1.807) is 0 Å². The maximum absolute atomic E-state index is 5.05. The van der Waals surface area contributed by atoms with E-state index >= 15 is 0 Å². The van der Waals surface area contributed by atoms with Crippen molar-refractivity contribution in [2.45, 2.75) is 39.5 Å². The van der Waals surface area contributed by atoms with Crippen molar-refractivity contribution >= 4 is 29.0 Å². The van der Waals surface area contributed by atoms with Gasteiger partial charge in [0.05, 0.1) is 0 Å². The lowest BCUT2D eigenvalue weighted by atomic mass is 10.1. The van der Waals surface area contributed by atoms with Gasteiger partial charge in [-0.25, -0.2) is 0 Å². The third-order valence-corrected chi connectivity index (χ3v) is 6.98. The molecule has 2 aromatic carbocycles. The first kappa shape index (κ1) is 22.5. The highest BCUT2D eigenvalue weighted by molar-refractivity contribution is 5.63. The minimum absolute atomic E-state index is 0.834. The molecular weight excluding hydrogens is 420 g/mol. The number of nitrogens with zero attached hydrogens (tertiary/aromatic N) is 5. The standard InChI is InChI=1S/C28H36N6/c1-3-23-9-5-6-10-25(23)32-17-19-34(20-18-32)28-30-26(29-24-13-11-22(2)12-14-24)21-27(31-28)33-15-7-4-8-16-33/h5-6,9-14,21H,3-4,7-8,15-20H2,1-2H3,(H,29,30,31). The lowest BCUT2D eigenvalue weighted by molar-refractivity contribution is 0.572. The summed E-state index contributed by atoms with van der Waals surface area (Å²) in [6.07, 6.45) is 4.83. The van der Waals surface area contributed by atoms with Crippen molar-refractivity contribution in [3.05, 3.63) is 65.7 Å². The van der Waals surface area contributed by atoms with E-state index in [1.807, 2.05) is 0 Å². The van der Waals surface area contributed by atoms with Crippen molar-refractivity contribution in [2.24, 2.45) is 0 Å². The van der Waals surface area contributed by atoms with Crippen LogP contribution in [0.3, 0.4) is 0 Å². The molecule has 6 nitrogen and oxygen atoms in total. The molecule has 5 rings (SSSR count). The van der Waals surface area contributed by atoms with Gasteiger partial charge in [0, 0.05) is 56.7 Å². The van der Waals surface area contributed by atoms with Gasteiger partial charge in [-0.3, -0.25) is 0 Å². The molecular formula is C28H36N6. The Morgan fingerprint density at radius 3 is 2.21 bits per heavy atom. The first-order valence-corrected chi connectivity index (χ1v) is 12.7. The van der Waals surface area contributed by atoms with Gasteiger partial charge in [-0.05, 0) is 56.4 Å². The Balaban J connectivity index is 1.37. The average Bonchev–Trinajstić information content (AvgIpc) is 2.90. The SMILES string of the molecule is CCc1ccccc1N1CCN(c2nc(Nc3ccc(C)cc3)cc(N3CCCCC3)n2)CC1. The quantitative estimate of drug-likeness (QED) is 0.535. The molecule has 178 valence electrons. The smallest absolute Gasteiger partial charge is 0.229 e. The van der Waals surface area contributed by atoms with Crippen LogP contribution < -0.4 is 20.0 Å². The van der Waals surface area contributed by atoms with Crippen LogP contribution in [0.5, 0.6) is 0 Å². The van der Waals surface area contributed by atoms with E-state index < -0.39 is 0 Å². The molecule has 2 aliphatic rings. The zero-order valence-electron chi connectivity index (χ0n) is 20.5. The summed E-state index contributed by atoms with van der Waals surface area (Å²) in [7, 11) is 0. The first-order valence-electron chi connectivity index (χ1n) is 12.7. The molecule has 1 aromatic heterocycles. The average molecular weight is 457 g/mol. The molecule has 3 aromatic rings. The summed E-state index contributed by atoms with van der Waals surface area (Å²) in [5, 5.41) is 3.52. The molecule has 0 bridgehead atoms. The van der Waals surface area contributed by atoms with Gasteiger partial charge in [-0.15, -0.1) is 0 Å². The summed E-state index contributed by atoms with van der Waals surface area (Å²) in [5.41, 5.74) is 5.10. The summed E-state index contributed by atoms with van der Waals surface area (Å²) in [6.45, 7) is 10.3. The van der Waals surface area contributed by atoms with Crippen molar-refractivity contribution in [3.63, 3.8) is 0 Å². The van der Waals surface area contributed by atoms with Crippen LogP contribution in [0.15, 0.2) is 54.6 Å². The van der Waals surface area contributed by atoms with Crippen molar-refractivity contribution in [2.75, 3.05) is 59.3 Å². The zero-order valence-corrected chi connectivity index (χ0v) is 20.5. The van der Waals surface area contributed by atoms with Gasteiger partial charge >= 0.3 is 0 Å². The number of piperazine rings is 1. The highest BCUT2D eigenvalue weighted by Gasteiger charge is 2.23. The number of nitrogens with one attached hydrogen (secondary N) is 1. The third kappa shape index (κ3) is 5.11. The first-order chi connectivity index (χ1) is 16.7. The lowest BCUT2D eigenvalue weighted by Gasteiger charge is -2.37. The maximum atomic E-state index is 5.05. The summed E-state index contributed by atoms with van der Waals surface area (Å²) < 4.78 is 0. The number of hydrogen-bond acceptors (Lipinski definition) is 6. The molecule has 0 amide bonds. The molecule has 2 saturated heterocycles. The second kappa shape index (κ2) is 10.3. The van der Waals surface area contributed by atoms with Crippen LogP contribution in [0.4, 0.5) is 29.0 Å². The molecule has 0 unspecified atom stereocenters. The van der Waals surface area contributed by atoms with Gasteiger partial charge in [0.2, 0.25) is 5.95 Å². The predicted octanol–water partition coefficient (Wildman–Crippen LogP) is 5.41. The van der Waals surface area contributed by atoms with Crippen molar-refractivity contribution in [1.82, 2.24) is 9.97 Å². The van der Waals surface area contributed by atoms with Crippen molar-refractivity contribution in [1.29, 1.82) is 0 Å². The van der Waals surface area contributed by atoms with Crippen LogP contribution >= 0.6 is 0 Å². The van der Waals surface area contributed by atoms with Crippen LogP contribution in [0.25, 0.3) is 0 Å². The Labute approximate surface area is 203 Å². The highest BCUT2D eigenvalue weighted by Crippen LogP contribution is 2.28. The fourth-order valence-electron chi connectivity index (χ4n) is 4.96. The Kier molecular flexibility index (Phi) is 6.84. The van der Waals surface area contributed by atoms with E-state index in [1.165, 1.54) is 36.1 Å². The van der Waals surface area contributed by atoms with Gasteiger partial charge < -0.3 is 20.0 Å². The summed E-state index contributed by atoms with van der Waals surface area (Å²) in [6, 6.07) is 19.4. The van der Waals surface area contributed by atoms with E-state index in [-0.39, 0.29) is 0 Å². The van der Waals surface area contributed by atoms with E-state index in [0.717, 1.165) is 69.0 Å². The Morgan fingerprint density at radius 1 is 0.765 bits per heavy atom. The molecule has 0 atom stereocenters. The number of benzene rings is 2. The number of rotatable bonds is 6. The molecule has 6 heteroatoms. The molecule has 1 N–H and O–H groups in total. The predicted molar refractivity (Wildman–Crippen MR) is 143 cm³/mol. The summed E-state index contributed by atoms with van der Waals surface area (Å²) in [4.78, 5) is 17.3. The highest BCUT2D eigenvalue weighted by atomic mass is 15.3. The minimum Gasteiger partial charge on any atom is -0.368 e. The van der Waals surface area contributed by atoms with E-state index in [2.05, 4.69) is 88.5 Å². The Morgan fingerprint density at radius 2 is 1.47 bits per heavy atom. The largest absolute Gasteiger partial charge is 0.368 e. The fourth-order valence-corrected chi connectivity index (χ4v) is 4.96. The second-order valence-electron chi connectivity index (χ2n) is 9.41. The molecule has 2 aliphatic heterocycles. The van der Waals surface area contributed by atoms with Gasteiger partial charge in [0.15, 0.2) is 0 Å². The van der Waals surface area contributed by atoms with E-state index in [0.29, 0.717) is 0 Å². The minimum atomic E-state index is 0.834. The van der Waals surface area contributed by atoms with Crippen LogP contribution in [0.1, 0.15) is 37.3 Å². The number of hydrogen-bond donors (Lipinski definition) is 1. The van der Waals surface area contributed by atoms with Gasteiger partial charge in [0.25, 0.3) is 0 Å². The van der Waals surface area contributed by atoms with Crippen LogP contribution in [0.2, 0.25) is 0 Å². The topological polar surface area (TPSA) is 47.5 Å². The normalized spacial score (nSPS) is 16.6. The molecule has 2 fully saturated rings. The number of piperidine rings is 1. The Bertz CT molecular complexity index is 1080. The number of aromatic nitrogens is 2. The van der Waals surface area contributed by atoms with Crippen LogP contribution in [-0.2, 0) is 6.42 Å². The molecule has 0 saturated carbocycles. The fraction of sp³-hybridized carbons (Fsp3) is 0.429. The van der Waals surface area contributed by atoms with E-state index in [9.17, 15) is 0 Å². The molecule has 34 heavy (non-hydrogen) atoms. The maximum Gasteiger partial charge on any atom is 0.229 e. The number of anilines is 5. The number of aryl methyl sites for hydroxylation is 2. The third-order valence-electron chi connectivity index (χ3n) is 6.98. The van der Waals surface area contributed by atoms with Crippen molar-refractivity contribution < 1.29 is 0 Å². The number of para-hydroxylation sites is 1. The van der Waals surface area contributed by atoms with Gasteiger partial charge in [-0.2, -0.15) is 9.97 Å².